The average Bonchev–Trinajstić information content (AvgIpc) is 3.25. The van der Waals surface area contributed by atoms with Crippen LogP contribution in [0.3, 0.4) is 0 Å². The van der Waals surface area contributed by atoms with E-state index in [-0.39, 0.29) is 11.3 Å². The fourth-order valence-corrected chi connectivity index (χ4v) is 4.26. The predicted molar refractivity (Wildman–Crippen MR) is 126 cm³/mol. The van der Waals surface area contributed by atoms with Crippen molar-refractivity contribution in [1.82, 2.24) is 19.7 Å². The van der Waals surface area contributed by atoms with Gasteiger partial charge in [-0.1, -0.05) is 11.6 Å². The third-order valence-corrected chi connectivity index (χ3v) is 6.06. The summed E-state index contributed by atoms with van der Waals surface area (Å²) in [6.07, 6.45) is 2.66. The molecule has 0 aliphatic carbocycles. The van der Waals surface area contributed by atoms with E-state index in [4.69, 9.17) is 16.3 Å². The lowest BCUT2D eigenvalue weighted by molar-refractivity contribution is 0.0378. The number of aromatic hydroxyl groups is 1. The molecule has 8 nitrogen and oxygen atoms in total. The quantitative estimate of drug-likeness (QED) is 0.387. The van der Waals surface area contributed by atoms with Crippen molar-refractivity contribution in [2.75, 3.05) is 44.7 Å². The van der Waals surface area contributed by atoms with Crippen molar-refractivity contribution in [3.8, 4) is 11.4 Å². The molecule has 2 aromatic heterocycles. The van der Waals surface area contributed by atoms with Crippen molar-refractivity contribution in [2.24, 2.45) is 0 Å². The van der Waals surface area contributed by atoms with E-state index in [1.807, 2.05) is 18.2 Å². The molecule has 1 saturated heterocycles. The van der Waals surface area contributed by atoms with Crippen molar-refractivity contribution in [2.45, 2.75) is 6.42 Å². The molecule has 0 bridgehead atoms. The van der Waals surface area contributed by atoms with Gasteiger partial charge in [0.25, 0.3) is 5.56 Å². The molecule has 0 radical (unpaired) electrons. The molecule has 1 aliphatic rings. The zero-order valence-corrected chi connectivity index (χ0v) is 18.2. The first-order valence-electron chi connectivity index (χ1n) is 10.7. The fourth-order valence-electron chi connectivity index (χ4n) is 4.05. The number of nitrogens with one attached hydrogen (secondary N) is 2. The number of H-pyrrole nitrogens is 1. The predicted octanol–water partition coefficient (Wildman–Crippen LogP) is 3.36. The average molecular weight is 454 g/mol. The van der Waals surface area contributed by atoms with Crippen LogP contribution in [-0.2, 0) is 4.74 Å². The van der Waals surface area contributed by atoms with Gasteiger partial charge in [-0.05, 0) is 43.3 Å². The molecule has 9 heteroatoms. The highest BCUT2D eigenvalue weighted by Crippen LogP contribution is 2.28. The van der Waals surface area contributed by atoms with E-state index in [2.05, 4.69) is 20.3 Å². The summed E-state index contributed by atoms with van der Waals surface area (Å²) < 4.78 is 6.91. The summed E-state index contributed by atoms with van der Waals surface area (Å²) >= 11 is 6.27. The smallest absolute Gasteiger partial charge is 0.259 e. The number of aromatic nitrogens is 3. The molecule has 1 aliphatic heterocycles. The Morgan fingerprint density at radius 1 is 1.16 bits per heavy atom. The van der Waals surface area contributed by atoms with Gasteiger partial charge in [-0.3, -0.25) is 9.69 Å². The topological polar surface area (TPSA) is 95.4 Å². The number of anilines is 1. The van der Waals surface area contributed by atoms with E-state index in [1.165, 1.54) is 16.8 Å². The molecule has 4 aromatic rings. The summed E-state index contributed by atoms with van der Waals surface area (Å²) in [4.78, 5) is 18.1. The van der Waals surface area contributed by atoms with Crippen molar-refractivity contribution in [3.63, 3.8) is 0 Å². The number of ether oxygens (including phenoxy) is 1. The molecule has 5 rings (SSSR count). The van der Waals surface area contributed by atoms with Gasteiger partial charge >= 0.3 is 0 Å². The molecular weight excluding hydrogens is 430 g/mol. The SMILES string of the molecule is O=c1[nH]c2cc(NCCCN3CCOCC3)ccc2c2nn(-c3cc(O)ccc3Cl)cc12. The second-order valence-corrected chi connectivity index (χ2v) is 8.33. The molecule has 0 amide bonds. The second kappa shape index (κ2) is 8.82. The molecule has 3 N–H and O–H groups in total. The fraction of sp³-hybridized carbons (Fsp3) is 0.304. The third kappa shape index (κ3) is 4.17. The van der Waals surface area contributed by atoms with E-state index in [1.54, 1.807) is 12.3 Å². The molecule has 32 heavy (non-hydrogen) atoms. The lowest BCUT2D eigenvalue weighted by atomic mass is 10.1. The summed E-state index contributed by atoms with van der Waals surface area (Å²) in [7, 11) is 0. The number of halogens is 1. The molecule has 2 aromatic carbocycles. The number of morpholine rings is 1. The zero-order valence-electron chi connectivity index (χ0n) is 17.5. The first-order valence-corrected chi connectivity index (χ1v) is 11.0. The second-order valence-electron chi connectivity index (χ2n) is 7.92. The lowest BCUT2D eigenvalue weighted by Crippen LogP contribution is -2.37. The molecule has 3 heterocycles. The zero-order chi connectivity index (χ0) is 22.1. The van der Waals surface area contributed by atoms with Crippen LogP contribution in [0.5, 0.6) is 5.75 Å². The Balaban J connectivity index is 1.38. The highest BCUT2D eigenvalue weighted by Gasteiger charge is 2.14. The summed E-state index contributed by atoms with van der Waals surface area (Å²) in [6.45, 7) is 5.50. The van der Waals surface area contributed by atoms with Crippen LogP contribution in [0.15, 0.2) is 47.4 Å². The van der Waals surface area contributed by atoms with Gasteiger partial charge in [-0.2, -0.15) is 5.10 Å². The number of aromatic amines is 1. The van der Waals surface area contributed by atoms with Crippen LogP contribution >= 0.6 is 11.6 Å². The van der Waals surface area contributed by atoms with Crippen molar-refractivity contribution >= 4 is 39.1 Å². The van der Waals surface area contributed by atoms with Crippen molar-refractivity contribution in [1.29, 1.82) is 0 Å². The summed E-state index contributed by atoms with van der Waals surface area (Å²) in [5, 5.41) is 19.6. The van der Waals surface area contributed by atoms with Crippen molar-refractivity contribution in [3.05, 3.63) is 58.0 Å². The molecule has 0 unspecified atom stereocenters. The minimum Gasteiger partial charge on any atom is -0.508 e. The number of phenolic OH excluding ortho intramolecular Hbond substituents is 1. The minimum atomic E-state index is -0.223. The van der Waals surface area contributed by atoms with Gasteiger partial charge in [-0.25, -0.2) is 4.68 Å². The summed E-state index contributed by atoms with van der Waals surface area (Å²) in [6, 6.07) is 10.5. The van der Waals surface area contributed by atoms with Gasteiger partial charge in [0.15, 0.2) is 0 Å². The molecule has 0 saturated carbocycles. The van der Waals surface area contributed by atoms with Gasteiger partial charge in [0, 0.05) is 43.0 Å². The van der Waals surface area contributed by atoms with Crippen molar-refractivity contribution < 1.29 is 9.84 Å². The molecule has 166 valence electrons. The maximum atomic E-state index is 12.7. The first-order chi connectivity index (χ1) is 15.6. The van der Waals surface area contributed by atoms with Crippen LogP contribution < -0.4 is 10.9 Å². The van der Waals surface area contributed by atoms with Crippen LogP contribution in [0.25, 0.3) is 27.5 Å². The van der Waals surface area contributed by atoms with E-state index in [9.17, 15) is 9.90 Å². The van der Waals surface area contributed by atoms with E-state index in [0.717, 1.165) is 56.9 Å². The Morgan fingerprint density at radius 3 is 2.84 bits per heavy atom. The Kier molecular flexibility index (Phi) is 5.73. The Hall–Kier alpha value is -3.07. The number of fused-ring (bicyclic) bond motifs is 3. The van der Waals surface area contributed by atoms with E-state index >= 15 is 0 Å². The van der Waals surface area contributed by atoms with E-state index < -0.39 is 0 Å². The summed E-state index contributed by atoms with van der Waals surface area (Å²) in [5.74, 6) is 0.0760. The monoisotopic (exact) mass is 453 g/mol. The van der Waals surface area contributed by atoms with Gasteiger partial charge in [0.1, 0.15) is 11.3 Å². The maximum absolute atomic E-state index is 12.7. The van der Waals surface area contributed by atoms with Crippen LogP contribution in [0, 0.1) is 0 Å². The van der Waals surface area contributed by atoms with E-state index in [0.29, 0.717) is 27.1 Å². The van der Waals surface area contributed by atoms with Crippen LogP contribution in [0.2, 0.25) is 5.02 Å². The third-order valence-electron chi connectivity index (χ3n) is 5.74. The van der Waals surface area contributed by atoms with Gasteiger partial charge in [0.05, 0.1) is 34.8 Å². The van der Waals surface area contributed by atoms with Gasteiger partial charge in [-0.15, -0.1) is 0 Å². The number of phenols is 1. The number of pyridine rings is 1. The summed E-state index contributed by atoms with van der Waals surface area (Å²) in [5.41, 5.74) is 2.54. The van der Waals surface area contributed by atoms with Crippen LogP contribution in [0.1, 0.15) is 6.42 Å². The largest absolute Gasteiger partial charge is 0.508 e. The Bertz CT molecular complexity index is 1330. The number of hydrogen-bond donors (Lipinski definition) is 3. The van der Waals surface area contributed by atoms with Crippen LogP contribution in [-0.4, -0.2) is 64.2 Å². The van der Waals surface area contributed by atoms with Gasteiger partial charge in [0.2, 0.25) is 0 Å². The number of rotatable bonds is 6. The molecule has 1 fully saturated rings. The Morgan fingerprint density at radius 2 is 2.00 bits per heavy atom. The highest BCUT2D eigenvalue weighted by molar-refractivity contribution is 6.32. The minimum absolute atomic E-state index is 0.0760. The van der Waals surface area contributed by atoms with Gasteiger partial charge < -0.3 is 20.1 Å². The normalized spacial score (nSPS) is 14.9. The number of nitrogens with zero attached hydrogens (tertiary/aromatic N) is 3. The van der Waals surface area contributed by atoms with Crippen LogP contribution in [0.4, 0.5) is 5.69 Å². The standard InChI is InChI=1S/C23H24ClN5O3/c24-19-5-3-16(30)13-21(19)29-14-18-22(27-29)17-4-2-15(12-20(17)26-23(18)31)25-6-1-7-28-8-10-32-11-9-28/h2-5,12-14,25,30H,1,6-11H2,(H,26,31). The lowest BCUT2D eigenvalue weighted by Gasteiger charge is -2.26. The number of hydrogen-bond acceptors (Lipinski definition) is 6. The molecule has 0 spiro atoms. The number of benzene rings is 2. The highest BCUT2D eigenvalue weighted by atomic mass is 35.5. The maximum Gasteiger partial charge on any atom is 0.259 e. The first kappa shape index (κ1) is 20.8. The molecular formula is C23H24ClN5O3. The Labute approximate surface area is 189 Å². The molecule has 0 atom stereocenters.